The fraction of sp³-hybridized carbons (Fsp3) is 0.538. The van der Waals surface area contributed by atoms with Crippen LogP contribution in [-0.2, 0) is 0 Å². The minimum Gasteiger partial charge on any atom is -0.380 e. The number of anilines is 1. The van der Waals surface area contributed by atoms with Crippen LogP contribution in [0.5, 0.6) is 0 Å². The summed E-state index contributed by atoms with van der Waals surface area (Å²) in [5.41, 5.74) is 1.22. The van der Waals surface area contributed by atoms with Crippen molar-refractivity contribution < 1.29 is 0 Å². The molecule has 1 N–H and O–H groups in total. The topological polar surface area (TPSA) is 15.3 Å². The van der Waals surface area contributed by atoms with Crippen molar-refractivity contribution in [3.05, 3.63) is 26.8 Å². The molecule has 0 amide bonds. The molecular formula is C13H16ClIN2. The second-order valence-corrected chi connectivity index (χ2v) is 6.58. The predicted molar refractivity (Wildman–Crippen MR) is 80.8 cm³/mol. The summed E-state index contributed by atoms with van der Waals surface area (Å²) >= 11 is 8.31. The maximum absolute atomic E-state index is 5.97. The van der Waals surface area contributed by atoms with Gasteiger partial charge in [0.15, 0.2) is 0 Å². The molecule has 2 aliphatic rings. The van der Waals surface area contributed by atoms with Gasteiger partial charge in [0.2, 0.25) is 0 Å². The van der Waals surface area contributed by atoms with Crippen molar-refractivity contribution in [3.8, 4) is 0 Å². The van der Waals surface area contributed by atoms with E-state index in [-0.39, 0.29) is 0 Å². The number of hydrogen-bond acceptors (Lipinski definition) is 2. The summed E-state index contributed by atoms with van der Waals surface area (Å²) in [6.45, 7) is 2.45. The van der Waals surface area contributed by atoms with Crippen molar-refractivity contribution in [2.45, 2.75) is 31.3 Å². The van der Waals surface area contributed by atoms with Crippen LogP contribution in [0.1, 0.15) is 19.3 Å². The van der Waals surface area contributed by atoms with Crippen LogP contribution in [0.25, 0.3) is 0 Å². The lowest BCUT2D eigenvalue weighted by Crippen LogP contribution is -2.27. The zero-order chi connectivity index (χ0) is 11.8. The SMILES string of the molecule is Clc1ccc(NC2CCN(C3CC3)C2)c(I)c1. The number of benzene rings is 1. The lowest BCUT2D eigenvalue weighted by molar-refractivity contribution is 0.326. The molecule has 2 fully saturated rings. The molecule has 0 aromatic heterocycles. The molecule has 1 atom stereocenters. The van der Waals surface area contributed by atoms with Crippen LogP contribution < -0.4 is 5.32 Å². The third-order valence-electron chi connectivity index (χ3n) is 3.57. The quantitative estimate of drug-likeness (QED) is 0.827. The van der Waals surface area contributed by atoms with Crippen LogP contribution in [0.4, 0.5) is 5.69 Å². The van der Waals surface area contributed by atoms with Gasteiger partial charge in [-0.05, 0) is 60.1 Å². The normalized spacial score (nSPS) is 25.2. The largest absolute Gasteiger partial charge is 0.380 e. The molecule has 1 aromatic carbocycles. The molecule has 1 aliphatic carbocycles. The van der Waals surface area contributed by atoms with Crippen molar-refractivity contribution in [2.24, 2.45) is 0 Å². The molecule has 0 radical (unpaired) electrons. The molecule has 1 saturated heterocycles. The first kappa shape index (κ1) is 12.1. The Morgan fingerprint density at radius 2 is 2.12 bits per heavy atom. The molecule has 17 heavy (non-hydrogen) atoms. The summed E-state index contributed by atoms with van der Waals surface area (Å²) in [6.07, 6.45) is 4.08. The molecule has 0 bridgehead atoms. The zero-order valence-electron chi connectivity index (χ0n) is 9.63. The monoisotopic (exact) mass is 362 g/mol. The van der Waals surface area contributed by atoms with Gasteiger partial charge in [-0.1, -0.05) is 11.6 Å². The highest BCUT2D eigenvalue weighted by atomic mass is 127. The number of nitrogens with zero attached hydrogens (tertiary/aromatic N) is 1. The number of halogens is 2. The fourth-order valence-corrected chi connectivity index (χ4v) is 3.53. The molecule has 2 nitrogen and oxygen atoms in total. The van der Waals surface area contributed by atoms with Gasteiger partial charge < -0.3 is 5.32 Å². The van der Waals surface area contributed by atoms with Crippen molar-refractivity contribution in [1.29, 1.82) is 0 Å². The summed E-state index contributed by atoms with van der Waals surface area (Å²) in [5.74, 6) is 0. The summed E-state index contributed by atoms with van der Waals surface area (Å²) in [4.78, 5) is 2.63. The number of rotatable bonds is 3. The van der Waals surface area contributed by atoms with E-state index in [2.05, 4.69) is 38.9 Å². The fourth-order valence-electron chi connectivity index (χ4n) is 2.50. The maximum Gasteiger partial charge on any atom is 0.0479 e. The van der Waals surface area contributed by atoms with Crippen molar-refractivity contribution >= 4 is 39.9 Å². The predicted octanol–water partition coefficient (Wildman–Crippen LogP) is 3.59. The van der Waals surface area contributed by atoms with Crippen LogP contribution in [0, 0.1) is 3.57 Å². The first-order valence-corrected chi connectivity index (χ1v) is 7.64. The van der Waals surface area contributed by atoms with E-state index in [0.29, 0.717) is 6.04 Å². The van der Waals surface area contributed by atoms with Crippen LogP contribution in [0.15, 0.2) is 18.2 Å². The Labute approximate surface area is 121 Å². The Bertz CT molecular complexity index is 420. The molecule has 0 spiro atoms. The molecule has 4 heteroatoms. The molecule has 1 heterocycles. The van der Waals surface area contributed by atoms with E-state index in [1.807, 2.05) is 12.1 Å². The maximum atomic E-state index is 5.97. The second kappa shape index (κ2) is 4.94. The number of nitrogens with one attached hydrogen (secondary N) is 1. The Hall–Kier alpha value is -0.000000000000000111. The van der Waals surface area contributed by atoms with E-state index in [0.717, 1.165) is 11.1 Å². The lowest BCUT2D eigenvalue weighted by atomic mass is 10.2. The summed E-state index contributed by atoms with van der Waals surface area (Å²) in [5, 5.41) is 4.45. The molecule has 3 rings (SSSR count). The van der Waals surface area contributed by atoms with Gasteiger partial charge in [-0.25, -0.2) is 0 Å². The van der Waals surface area contributed by atoms with Crippen molar-refractivity contribution in [2.75, 3.05) is 18.4 Å². The average molecular weight is 363 g/mol. The van der Waals surface area contributed by atoms with E-state index < -0.39 is 0 Å². The second-order valence-electron chi connectivity index (χ2n) is 4.98. The Balaban J connectivity index is 1.63. The first-order chi connectivity index (χ1) is 8.22. The number of hydrogen-bond donors (Lipinski definition) is 1. The van der Waals surface area contributed by atoms with Gasteiger partial charge in [0.1, 0.15) is 0 Å². The van der Waals surface area contributed by atoms with Crippen LogP contribution >= 0.6 is 34.2 Å². The highest BCUT2D eigenvalue weighted by Gasteiger charge is 2.34. The van der Waals surface area contributed by atoms with Gasteiger partial charge in [0.25, 0.3) is 0 Å². The molecule has 1 saturated carbocycles. The van der Waals surface area contributed by atoms with E-state index in [9.17, 15) is 0 Å². The third kappa shape index (κ3) is 2.88. The first-order valence-electron chi connectivity index (χ1n) is 6.18. The van der Waals surface area contributed by atoms with Gasteiger partial charge in [0, 0.05) is 39.5 Å². The van der Waals surface area contributed by atoms with E-state index >= 15 is 0 Å². The molecule has 1 aromatic rings. The van der Waals surface area contributed by atoms with E-state index in [4.69, 9.17) is 11.6 Å². The van der Waals surface area contributed by atoms with Gasteiger partial charge in [-0.3, -0.25) is 4.90 Å². The van der Waals surface area contributed by atoms with Crippen LogP contribution in [-0.4, -0.2) is 30.1 Å². The summed E-state index contributed by atoms with van der Waals surface area (Å²) in [7, 11) is 0. The van der Waals surface area contributed by atoms with Gasteiger partial charge in [-0.15, -0.1) is 0 Å². The highest BCUT2D eigenvalue weighted by molar-refractivity contribution is 14.1. The standard InChI is InChI=1S/C13H16ClIN2/c14-9-1-4-13(12(15)7-9)16-10-5-6-17(8-10)11-2-3-11/h1,4,7,10-11,16H,2-3,5-6,8H2. The summed E-state index contributed by atoms with van der Waals surface area (Å²) in [6, 6.07) is 7.55. The molecule has 1 aliphatic heterocycles. The van der Waals surface area contributed by atoms with Crippen molar-refractivity contribution in [1.82, 2.24) is 4.90 Å². The highest BCUT2D eigenvalue weighted by Crippen LogP contribution is 2.31. The zero-order valence-corrected chi connectivity index (χ0v) is 12.5. The van der Waals surface area contributed by atoms with Gasteiger partial charge >= 0.3 is 0 Å². The lowest BCUT2D eigenvalue weighted by Gasteiger charge is -2.17. The van der Waals surface area contributed by atoms with Gasteiger partial charge in [0.05, 0.1) is 0 Å². The van der Waals surface area contributed by atoms with Crippen LogP contribution in [0.3, 0.4) is 0 Å². The Morgan fingerprint density at radius 3 is 2.82 bits per heavy atom. The Kier molecular flexibility index (Phi) is 3.50. The molecular weight excluding hydrogens is 347 g/mol. The minimum atomic E-state index is 0.602. The summed E-state index contributed by atoms with van der Waals surface area (Å²) < 4.78 is 1.21. The minimum absolute atomic E-state index is 0.602. The molecule has 1 unspecified atom stereocenters. The van der Waals surface area contributed by atoms with E-state index in [1.54, 1.807) is 0 Å². The molecule has 92 valence electrons. The smallest absolute Gasteiger partial charge is 0.0479 e. The van der Waals surface area contributed by atoms with Crippen LogP contribution in [0.2, 0.25) is 5.02 Å². The average Bonchev–Trinajstić information content (AvgIpc) is 3.04. The van der Waals surface area contributed by atoms with Gasteiger partial charge in [-0.2, -0.15) is 0 Å². The third-order valence-corrected chi connectivity index (χ3v) is 4.70. The Morgan fingerprint density at radius 1 is 1.29 bits per heavy atom. The van der Waals surface area contributed by atoms with E-state index in [1.165, 1.54) is 41.6 Å². The van der Waals surface area contributed by atoms with Crippen molar-refractivity contribution in [3.63, 3.8) is 0 Å². The number of likely N-dealkylation sites (tertiary alicyclic amines) is 1.